The fourth-order valence-electron chi connectivity index (χ4n) is 4.61. The molecule has 3 aromatic heterocycles. The zero-order valence-corrected chi connectivity index (χ0v) is 18.7. The van der Waals surface area contributed by atoms with Crippen molar-refractivity contribution in [1.29, 1.82) is 0 Å². The van der Waals surface area contributed by atoms with E-state index < -0.39 is 17.6 Å². The molecule has 1 atom stereocenters. The summed E-state index contributed by atoms with van der Waals surface area (Å²) in [4.78, 5) is 21.8. The average Bonchev–Trinajstić information content (AvgIpc) is 3.41. The maximum Gasteiger partial charge on any atom is 0.398 e. The van der Waals surface area contributed by atoms with Crippen molar-refractivity contribution >= 4 is 28.4 Å². The van der Waals surface area contributed by atoms with Crippen molar-refractivity contribution in [2.45, 2.75) is 30.5 Å². The monoisotopic (exact) mass is 485 g/mol. The minimum absolute atomic E-state index is 0.00775. The minimum Gasteiger partial charge on any atom is -0.353 e. The quantitative estimate of drug-likeness (QED) is 0.404. The highest BCUT2D eigenvalue weighted by Crippen LogP contribution is 2.60. The molecule has 2 aliphatic rings. The topological polar surface area (TPSA) is 114 Å². The molecule has 3 N–H and O–H groups in total. The van der Waals surface area contributed by atoms with E-state index in [1.54, 1.807) is 36.3 Å². The number of nitrogens with zero attached hydrogens (tertiary/aromatic N) is 6. The number of amides is 1. The first kappa shape index (κ1) is 21.8. The third-order valence-corrected chi connectivity index (χ3v) is 6.64. The van der Waals surface area contributed by atoms with Gasteiger partial charge in [-0.05, 0) is 24.5 Å². The van der Waals surface area contributed by atoms with Gasteiger partial charge in [-0.2, -0.15) is 22.8 Å². The van der Waals surface area contributed by atoms with E-state index in [2.05, 4.69) is 36.1 Å². The number of aromatic nitrogens is 6. The van der Waals surface area contributed by atoms with Gasteiger partial charge in [0.25, 0.3) is 0 Å². The first-order valence-electron chi connectivity index (χ1n) is 11.3. The van der Waals surface area contributed by atoms with Crippen LogP contribution in [0.5, 0.6) is 0 Å². The average molecular weight is 485 g/mol. The van der Waals surface area contributed by atoms with E-state index in [0.29, 0.717) is 42.1 Å². The highest BCUT2D eigenvalue weighted by molar-refractivity contribution is 5.96. The Labute approximate surface area is 196 Å². The number of halogens is 3. The Hall–Kier alpha value is -3.74. The Morgan fingerprint density at radius 3 is 2.74 bits per heavy atom. The van der Waals surface area contributed by atoms with Crippen LogP contribution in [0.25, 0.3) is 27.9 Å². The predicted molar refractivity (Wildman–Crippen MR) is 121 cm³/mol. The Morgan fingerprint density at radius 1 is 1.20 bits per heavy atom. The van der Waals surface area contributed by atoms with E-state index in [0.717, 1.165) is 0 Å². The van der Waals surface area contributed by atoms with E-state index in [-0.39, 0.29) is 35.8 Å². The molecule has 1 aliphatic heterocycles. The minimum atomic E-state index is -4.40. The molecule has 0 spiro atoms. The fourth-order valence-corrected chi connectivity index (χ4v) is 4.61. The van der Waals surface area contributed by atoms with Crippen LogP contribution in [0.15, 0.2) is 30.6 Å². The summed E-state index contributed by atoms with van der Waals surface area (Å²) in [5.41, 5.74) is -0.623. The maximum atomic E-state index is 14.1. The molecular weight excluding hydrogens is 463 g/mol. The van der Waals surface area contributed by atoms with E-state index in [4.69, 9.17) is 0 Å². The Kier molecular flexibility index (Phi) is 4.75. The van der Waals surface area contributed by atoms with Crippen LogP contribution in [0.2, 0.25) is 0 Å². The van der Waals surface area contributed by atoms with Crippen LogP contribution in [0.3, 0.4) is 0 Å². The number of carbonyl (C=O) groups excluding carboxylic acids is 1. The normalized spacial score (nSPS) is 20.1. The van der Waals surface area contributed by atoms with Gasteiger partial charge in [-0.3, -0.25) is 9.48 Å². The molecule has 1 saturated carbocycles. The summed E-state index contributed by atoms with van der Waals surface area (Å²) in [6.07, 6.45) is -1.03. The molecule has 10 nitrogen and oxygen atoms in total. The van der Waals surface area contributed by atoms with Crippen molar-refractivity contribution < 1.29 is 18.0 Å². The van der Waals surface area contributed by atoms with E-state index in [9.17, 15) is 18.0 Å². The lowest BCUT2D eigenvalue weighted by Crippen LogP contribution is -2.42. The van der Waals surface area contributed by atoms with Gasteiger partial charge in [0.15, 0.2) is 11.5 Å². The van der Waals surface area contributed by atoms with Crippen molar-refractivity contribution in [1.82, 2.24) is 40.0 Å². The Bertz CT molecular complexity index is 1450. The number of aryl methyl sites for hydroxylation is 1. The largest absolute Gasteiger partial charge is 0.398 e. The number of anilines is 1. The number of rotatable bonds is 4. The van der Waals surface area contributed by atoms with Crippen LogP contribution in [-0.4, -0.2) is 67.1 Å². The first-order chi connectivity index (χ1) is 16.8. The van der Waals surface area contributed by atoms with Crippen LogP contribution < -0.4 is 16.0 Å². The lowest BCUT2D eigenvalue weighted by molar-refractivity contribution is -0.160. The van der Waals surface area contributed by atoms with E-state index in [1.807, 2.05) is 0 Å². The fraction of sp³-hybridized carbons (Fsp3) is 0.409. The van der Waals surface area contributed by atoms with E-state index in [1.165, 1.54) is 10.6 Å². The molecule has 1 amide bonds. The number of alkyl halides is 3. The number of para-hydroxylation sites is 1. The molecule has 4 aromatic rings. The molecule has 4 heterocycles. The summed E-state index contributed by atoms with van der Waals surface area (Å²) in [6, 6.07) is 4.08. The van der Waals surface area contributed by atoms with E-state index >= 15 is 0 Å². The van der Waals surface area contributed by atoms with Gasteiger partial charge < -0.3 is 16.0 Å². The predicted octanol–water partition coefficient (Wildman–Crippen LogP) is 1.77. The Morgan fingerprint density at radius 2 is 2.03 bits per heavy atom. The molecule has 182 valence electrons. The molecule has 1 aromatic carbocycles. The molecule has 1 aliphatic carbocycles. The number of hydrogen-bond donors (Lipinski definition) is 3. The molecule has 13 heteroatoms. The standard InChI is InChI=1S/C22H22F3N9O/c1-33-11-12(9-28-33)17-31-18-13-3-2-4-14(21(5-6-21)22(23,24)25)16(13)30-20(34(18)32-17)29-15-10-26-7-8-27-19(15)35/h2-4,9,11,15,26H,5-8,10H2,1H3,(H,27,35)(H,29,30)/t15-/m1/s1. The third kappa shape index (κ3) is 3.49. The molecule has 0 bridgehead atoms. The van der Waals surface area contributed by atoms with Crippen LogP contribution in [0.1, 0.15) is 18.4 Å². The lowest BCUT2D eigenvalue weighted by Gasteiger charge is -2.22. The summed E-state index contributed by atoms with van der Waals surface area (Å²) in [7, 11) is 1.76. The third-order valence-electron chi connectivity index (χ3n) is 6.64. The number of hydrogen-bond acceptors (Lipinski definition) is 7. The van der Waals surface area contributed by atoms with Gasteiger partial charge in [0.1, 0.15) is 6.04 Å². The van der Waals surface area contributed by atoms with Crippen LogP contribution in [0.4, 0.5) is 19.1 Å². The molecule has 2 fully saturated rings. The second-order valence-corrected chi connectivity index (χ2v) is 8.98. The smallest absolute Gasteiger partial charge is 0.353 e. The van der Waals surface area contributed by atoms with Gasteiger partial charge in [-0.25, -0.2) is 9.97 Å². The van der Waals surface area contributed by atoms with Gasteiger partial charge in [0.05, 0.1) is 22.7 Å². The molecular formula is C22H22F3N9O. The van der Waals surface area contributed by atoms with Crippen molar-refractivity contribution in [3.8, 4) is 11.4 Å². The highest BCUT2D eigenvalue weighted by Gasteiger charge is 2.64. The second kappa shape index (κ2) is 7.63. The first-order valence-corrected chi connectivity index (χ1v) is 11.3. The molecule has 6 rings (SSSR count). The van der Waals surface area contributed by atoms with Crippen LogP contribution >= 0.6 is 0 Å². The van der Waals surface area contributed by atoms with Gasteiger partial charge in [0.2, 0.25) is 11.9 Å². The van der Waals surface area contributed by atoms with Crippen LogP contribution in [-0.2, 0) is 17.3 Å². The van der Waals surface area contributed by atoms with Crippen LogP contribution in [0, 0.1) is 0 Å². The summed E-state index contributed by atoms with van der Waals surface area (Å²) in [5, 5.41) is 18.2. The molecule has 0 radical (unpaired) electrons. The van der Waals surface area contributed by atoms with Gasteiger partial charge in [-0.15, -0.1) is 5.10 Å². The molecule has 0 unspecified atom stereocenters. The van der Waals surface area contributed by atoms with Gasteiger partial charge in [0, 0.05) is 38.3 Å². The summed E-state index contributed by atoms with van der Waals surface area (Å²) in [6.45, 7) is 1.41. The zero-order chi connectivity index (χ0) is 24.4. The second-order valence-electron chi connectivity index (χ2n) is 8.98. The lowest BCUT2D eigenvalue weighted by atomic mass is 9.93. The molecule has 1 saturated heterocycles. The number of carbonyl (C=O) groups is 1. The van der Waals surface area contributed by atoms with Crippen molar-refractivity contribution in [2.24, 2.45) is 7.05 Å². The Balaban J connectivity index is 1.58. The van der Waals surface area contributed by atoms with Crippen molar-refractivity contribution in [3.63, 3.8) is 0 Å². The summed E-state index contributed by atoms with van der Waals surface area (Å²) in [5.74, 6) is 0.255. The SMILES string of the molecule is Cn1cc(-c2nc3c4cccc(C5(C(F)(F)F)CC5)c4nc(N[C@@H]4CNCCNC4=O)n3n2)cn1. The van der Waals surface area contributed by atoms with Crippen molar-refractivity contribution in [2.75, 3.05) is 25.0 Å². The molecule has 35 heavy (non-hydrogen) atoms. The van der Waals surface area contributed by atoms with Gasteiger partial charge >= 0.3 is 6.18 Å². The highest BCUT2D eigenvalue weighted by atomic mass is 19.4. The van der Waals surface area contributed by atoms with Gasteiger partial charge in [-0.1, -0.05) is 12.1 Å². The number of benzene rings is 1. The zero-order valence-electron chi connectivity index (χ0n) is 18.7. The summed E-state index contributed by atoms with van der Waals surface area (Å²) < 4.78 is 45.3. The number of fused-ring (bicyclic) bond motifs is 3. The van der Waals surface area contributed by atoms with Crippen molar-refractivity contribution in [3.05, 3.63) is 36.2 Å². The maximum absolute atomic E-state index is 14.1. The number of nitrogens with one attached hydrogen (secondary N) is 3. The summed E-state index contributed by atoms with van der Waals surface area (Å²) >= 11 is 0.